The number of pyridine rings is 2. The Kier molecular flexibility index (Phi) is 5.57. The van der Waals surface area contributed by atoms with Crippen LogP contribution in [0.2, 0.25) is 0 Å². The van der Waals surface area contributed by atoms with E-state index in [2.05, 4.69) is 16.0 Å². The second kappa shape index (κ2) is 8.45. The molecule has 152 valence electrons. The van der Waals surface area contributed by atoms with Crippen LogP contribution in [-0.2, 0) is 11.2 Å². The molecule has 0 bridgehead atoms. The zero-order valence-electron chi connectivity index (χ0n) is 16.7. The molecule has 2 N–H and O–H groups in total. The molecule has 1 fully saturated rings. The largest absolute Gasteiger partial charge is 0.369 e. The summed E-state index contributed by atoms with van der Waals surface area (Å²) in [5.41, 5.74) is 8.72. The molecule has 30 heavy (non-hydrogen) atoms. The molecule has 1 saturated heterocycles. The van der Waals surface area contributed by atoms with Gasteiger partial charge in [-0.25, -0.2) is 0 Å². The summed E-state index contributed by atoms with van der Waals surface area (Å²) in [6.07, 6.45) is 8.64. The lowest BCUT2D eigenvalue weighted by Crippen LogP contribution is -2.53. The molecule has 4 rings (SSSR count). The zero-order valence-corrected chi connectivity index (χ0v) is 16.7. The van der Waals surface area contributed by atoms with E-state index in [-0.39, 0.29) is 11.8 Å². The van der Waals surface area contributed by atoms with Gasteiger partial charge in [0.05, 0.1) is 11.0 Å². The van der Waals surface area contributed by atoms with Gasteiger partial charge in [0.2, 0.25) is 5.91 Å². The highest BCUT2D eigenvalue weighted by atomic mass is 16.2. The van der Waals surface area contributed by atoms with Crippen LogP contribution in [0.25, 0.3) is 11.1 Å². The third-order valence-corrected chi connectivity index (χ3v) is 5.76. The van der Waals surface area contributed by atoms with Crippen LogP contribution in [0, 0.1) is 5.41 Å². The van der Waals surface area contributed by atoms with E-state index < -0.39 is 5.41 Å². The number of benzene rings is 1. The molecule has 3 aromatic rings. The van der Waals surface area contributed by atoms with E-state index in [9.17, 15) is 9.59 Å². The molecule has 0 unspecified atom stereocenters. The number of hydrogen-bond donors (Lipinski definition) is 1. The first kappa shape index (κ1) is 19.8. The summed E-state index contributed by atoms with van der Waals surface area (Å²) in [6, 6.07) is 15.5. The highest BCUT2D eigenvalue weighted by molar-refractivity contribution is 5.94. The Morgan fingerprint density at radius 2 is 1.77 bits per heavy atom. The number of rotatable bonds is 5. The number of carbonyl (C=O) groups excluding carboxylic acids is 2. The van der Waals surface area contributed by atoms with E-state index in [0.717, 1.165) is 23.1 Å². The standard InChI is InChI=1S/C24H24N4O2/c25-23(30)24(9-4-12-28(17-24)22(29)21-8-3-11-27-16-21)14-18-5-1-6-19(13-18)20-7-2-10-26-15-20/h1-3,5-8,10-11,13,15-16H,4,9,12,14,17H2,(H2,25,30)/t24-/m1/s1. The van der Waals surface area contributed by atoms with Crippen molar-refractivity contribution >= 4 is 11.8 Å². The zero-order chi connectivity index (χ0) is 21.0. The summed E-state index contributed by atoms with van der Waals surface area (Å²) in [5, 5.41) is 0. The van der Waals surface area contributed by atoms with Gasteiger partial charge in [-0.05, 0) is 54.2 Å². The topological polar surface area (TPSA) is 89.2 Å². The normalized spacial score (nSPS) is 18.7. The minimum atomic E-state index is -0.788. The van der Waals surface area contributed by atoms with Gasteiger partial charge in [0.1, 0.15) is 0 Å². The first-order chi connectivity index (χ1) is 14.6. The third-order valence-electron chi connectivity index (χ3n) is 5.76. The molecule has 1 atom stereocenters. The number of aromatic nitrogens is 2. The maximum Gasteiger partial charge on any atom is 0.255 e. The SMILES string of the molecule is NC(=O)[C@@]1(Cc2cccc(-c3cccnc3)c2)CCCN(C(=O)c2cccnc2)C1. The van der Waals surface area contributed by atoms with Gasteiger partial charge in [-0.1, -0.05) is 30.3 Å². The Morgan fingerprint density at radius 1 is 1.00 bits per heavy atom. The van der Waals surface area contributed by atoms with Crippen molar-refractivity contribution in [2.45, 2.75) is 19.3 Å². The second-order valence-electron chi connectivity index (χ2n) is 7.84. The number of carbonyl (C=O) groups is 2. The molecule has 6 heteroatoms. The predicted molar refractivity (Wildman–Crippen MR) is 114 cm³/mol. The summed E-state index contributed by atoms with van der Waals surface area (Å²) >= 11 is 0. The van der Waals surface area contributed by atoms with Gasteiger partial charge in [-0.2, -0.15) is 0 Å². The first-order valence-corrected chi connectivity index (χ1v) is 10.1. The Hall–Kier alpha value is -3.54. The lowest BCUT2D eigenvalue weighted by atomic mass is 9.74. The number of hydrogen-bond acceptors (Lipinski definition) is 4. The van der Waals surface area contributed by atoms with Crippen molar-refractivity contribution < 1.29 is 9.59 Å². The molecule has 0 radical (unpaired) electrons. The molecule has 1 aliphatic rings. The second-order valence-corrected chi connectivity index (χ2v) is 7.84. The molecule has 6 nitrogen and oxygen atoms in total. The molecule has 0 spiro atoms. The Balaban J connectivity index is 1.59. The summed E-state index contributed by atoms with van der Waals surface area (Å²) < 4.78 is 0. The van der Waals surface area contributed by atoms with E-state index in [1.807, 2.05) is 36.5 Å². The molecule has 2 aromatic heterocycles. The summed E-state index contributed by atoms with van der Waals surface area (Å²) in [7, 11) is 0. The molecule has 1 aliphatic heterocycles. The van der Waals surface area contributed by atoms with Crippen molar-refractivity contribution in [3.8, 4) is 11.1 Å². The predicted octanol–water partition coefficient (Wildman–Crippen LogP) is 3.09. The van der Waals surface area contributed by atoms with Crippen molar-refractivity contribution in [2.24, 2.45) is 11.1 Å². The highest BCUT2D eigenvalue weighted by Crippen LogP contribution is 2.35. The van der Waals surface area contributed by atoms with E-state index in [0.29, 0.717) is 31.5 Å². The number of piperidine rings is 1. The van der Waals surface area contributed by atoms with Crippen molar-refractivity contribution in [3.63, 3.8) is 0 Å². The molecule has 2 amide bonds. The van der Waals surface area contributed by atoms with Crippen molar-refractivity contribution in [1.82, 2.24) is 14.9 Å². The monoisotopic (exact) mass is 400 g/mol. The van der Waals surface area contributed by atoms with E-state index in [4.69, 9.17) is 5.73 Å². The molecular weight excluding hydrogens is 376 g/mol. The molecule has 0 saturated carbocycles. The number of primary amides is 1. The van der Waals surface area contributed by atoms with Crippen LogP contribution in [-0.4, -0.2) is 39.8 Å². The van der Waals surface area contributed by atoms with Gasteiger partial charge in [-0.15, -0.1) is 0 Å². The lowest BCUT2D eigenvalue weighted by Gasteiger charge is -2.41. The van der Waals surface area contributed by atoms with Gasteiger partial charge >= 0.3 is 0 Å². The van der Waals surface area contributed by atoms with Crippen LogP contribution in [0.1, 0.15) is 28.8 Å². The molecule has 0 aliphatic carbocycles. The first-order valence-electron chi connectivity index (χ1n) is 10.1. The van der Waals surface area contributed by atoms with E-state index in [1.165, 1.54) is 0 Å². The van der Waals surface area contributed by atoms with E-state index >= 15 is 0 Å². The smallest absolute Gasteiger partial charge is 0.255 e. The lowest BCUT2D eigenvalue weighted by molar-refractivity contribution is -0.130. The highest BCUT2D eigenvalue weighted by Gasteiger charge is 2.42. The Labute approximate surface area is 175 Å². The van der Waals surface area contributed by atoms with Gasteiger partial charge in [0, 0.05) is 37.9 Å². The van der Waals surface area contributed by atoms with Crippen LogP contribution in [0.3, 0.4) is 0 Å². The minimum Gasteiger partial charge on any atom is -0.369 e. The molecule has 1 aromatic carbocycles. The van der Waals surface area contributed by atoms with E-state index in [1.54, 1.807) is 35.6 Å². The fraction of sp³-hybridized carbons (Fsp3) is 0.250. The van der Waals surface area contributed by atoms with Gasteiger partial charge in [0.25, 0.3) is 5.91 Å². The number of likely N-dealkylation sites (tertiary alicyclic amines) is 1. The number of amides is 2. The molecule has 3 heterocycles. The minimum absolute atomic E-state index is 0.113. The van der Waals surface area contributed by atoms with Crippen molar-refractivity contribution in [2.75, 3.05) is 13.1 Å². The van der Waals surface area contributed by atoms with Crippen LogP contribution in [0.15, 0.2) is 73.3 Å². The summed E-state index contributed by atoms with van der Waals surface area (Å²) in [6.45, 7) is 0.922. The maximum atomic E-state index is 12.9. The quantitative estimate of drug-likeness (QED) is 0.713. The average molecular weight is 400 g/mol. The van der Waals surface area contributed by atoms with Gasteiger partial charge < -0.3 is 10.6 Å². The Bertz CT molecular complexity index is 1040. The summed E-state index contributed by atoms with van der Waals surface area (Å²) in [4.78, 5) is 35.5. The fourth-order valence-electron chi connectivity index (χ4n) is 4.19. The van der Waals surface area contributed by atoms with Gasteiger partial charge in [0.15, 0.2) is 0 Å². The van der Waals surface area contributed by atoms with Gasteiger partial charge in [-0.3, -0.25) is 19.6 Å². The van der Waals surface area contributed by atoms with Crippen LogP contribution in [0.5, 0.6) is 0 Å². The van der Waals surface area contributed by atoms with Crippen molar-refractivity contribution in [1.29, 1.82) is 0 Å². The number of nitrogens with two attached hydrogens (primary N) is 1. The number of nitrogens with zero attached hydrogens (tertiary/aromatic N) is 3. The molecular formula is C24H24N4O2. The van der Waals surface area contributed by atoms with Crippen LogP contribution >= 0.6 is 0 Å². The maximum absolute atomic E-state index is 12.9. The van der Waals surface area contributed by atoms with Crippen LogP contribution < -0.4 is 5.73 Å². The van der Waals surface area contributed by atoms with Crippen LogP contribution in [0.4, 0.5) is 0 Å². The average Bonchev–Trinajstić information content (AvgIpc) is 2.80. The Morgan fingerprint density at radius 3 is 2.47 bits per heavy atom. The summed E-state index contributed by atoms with van der Waals surface area (Å²) in [5.74, 6) is -0.476. The fourth-order valence-corrected chi connectivity index (χ4v) is 4.19. The van der Waals surface area contributed by atoms with Crippen molar-refractivity contribution in [3.05, 3.63) is 84.4 Å². The third kappa shape index (κ3) is 4.08.